The number of rotatable bonds is 6. The van der Waals surface area contributed by atoms with Crippen molar-refractivity contribution in [2.75, 3.05) is 11.9 Å². The quantitative estimate of drug-likeness (QED) is 0.736. The highest BCUT2D eigenvalue weighted by atomic mass is 16.4. The van der Waals surface area contributed by atoms with Crippen LogP contribution in [0.2, 0.25) is 0 Å². The van der Waals surface area contributed by atoms with Crippen molar-refractivity contribution >= 4 is 11.8 Å². The lowest BCUT2D eigenvalue weighted by molar-refractivity contribution is 0.0696. The highest BCUT2D eigenvalue weighted by Crippen LogP contribution is 2.05. The fraction of sp³-hybridized carbons (Fsp3) is 0.273. The van der Waals surface area contributed by atoms with E-state index in [1.807, 2.05) is 0 Å². The lowest BCUT2D eigenvalue weighted by Gasteiger charge is -2.05. The smallest absolute Gasteiger partial charge is 0.337 e. The standard InChI is InChI=1S/C11H13N5O2/c17-11(18)9-2-3-10(13-8-9)12-4-1-6-16-7-5-14-15-16/h2-3,5,7-8H,1,4,6H2,(H,12,13)(H,17,18). The summed E-state index contributed by atoms with van der Waals surface area (Å²) in [4.78, 5) is 14.6. The third kappa shape index (κ3) is 3.27. The average molecular weight is 247 g/mol. The molecule has 0 aliphatic heterocycles. The Morgan fingerprint density at radius 3 is 2.94 bits per heavy atom. The molecule has 0 bridgehead atoms. The maximum atomic E-state index is 10.6. The molecule has 2 heterocycles. The number of carboxylic acids is 1. The highest BCUT2D eigenvalue weighted by Gasteiger charge is 2.02. The Morgan fingerprint density at radius 2 is 2.33 bits per heavy atom. The molecular formula is C11H13N5O2. The minimum Gasteiger partial charge on any atom is -0.478 e. The van der Waals surface area contributed by atoms with Gasteiger partial charge in [0.1, 0.15) is 5.82 Å². The van der Waals surface area contributed by atoms with Crippen molar-refractivity contribution in [2.45, 2.75) is 13.0 Å². The number of hydrogen-bond acceptors (Lipinski definition) is 5. The van der Waals surface area contributed by atoms with Gasteiger partial charge in [0.15, 0.2) is 0 Å². The van der Waals surface area contributed by atoms with Crippen molar-refractivity contribution in [1.82, 2.24) is 20.0 Å². The SMILES string of the molecule is O=C(O)c1ccc(NCCCn2ccnn2)nc1. The molecule has 7 heteroatoms. The fourth-order valence-corrected chi connectivity index (χ4v) is 1.43. The summed E-state index contributed by atoms with van der Waals surface area (Å²) in [5.41, 5.74) is 0.183. The van der Waals surface area contributed by atoms with Gasteiger partial charge in [-0.05, 0) is 18.6 Å². The molecule has 0 atom stereocenters. The van der Waals surface area contributed by atoms with E-state index in [1.165, 1.54) is 12.3 Å². The Balaban J connectivity index is 1.75. The predicted octanol–water partition coefficient (Wildman–Crippen LogP) is 0.873. The van der Waals surface area contributed by atoms with Gasteiger partial charge in [-0.1, -0.05) is 5.21 Å². The molecule has 0 saturated heterocycles. The maximum Gasteiger partial charge on any atom is 0.337 e. The van der Waals surface area contributed by atoms with Gasteiger partial charge in [0.25, 0.3) is 0 Å². The molecule has 18 heavy (non-hydrogen) atoms. The van der Waals surface area contributed by atoms with Crippen LogP contribution in [0.1, 0.15) is 16.8 Å². The maximum absolute atomic E-state index is 10.6. The van der Waals surface area contributed by atoms with E-state index in [1.54, 1.807) is 23.1 Å². The van der Waals surface area contributed by atoms with Crippen LogP contribution in [0.4, 0.5) is 5.82 Å². The second-order valence-corrected chi connectivity index (χ2v) is 3.68. The van der Waals surface area contributed by atoms with Crippen molar-refractivity contribution in [1.29, 1.82) is 0 Å². The summed E-state index contributed by atoms with van der Waals surface area (Å²) in [6.07, 6.45) is 5.66. The van der Waals surface area contributed by atoms with Gasteiger partial charge >= 0.3 is 5.97 Å². The van der Waals surface area contributed by atoms with Gasteiger partial charge in [-0.2, -0.15) is 0 Å². The van der Waals surface area contributed by atoms with Crippen LogP contribution < -0.4 is 5.32 Å². The molecule has 2 aromatic heterocycles. The summed E-state index contributed by atoms with van der Waals surface area (Å²) in [5, 5.41) is 19.4. The normalized spacial score (nSPS) is 10.2. The number of carboxylic acid groups (broad SMARTS) is 1. The van der Waals surface area contributed by atoms with Crippen LogP contribution in [0.15, 0.2) is 30.7 Å². The summed E-state index contributed by atoms with van der Waals surface area (Å²) in [5.74, 6) is -0.307. The molecular weight excluding hydrogens is 234 g/mol. The van der Waals surface area contributed by atoms with Crippen LogP contribution in [-0.2, 0) is 6.54 Å². The second-order valence-electron chi connectivity index (χ2n) is 3.68. The molecule has 0 aromatic carbocycles. The molecule has 2 rings (SSSR count). The molecule has 0 spiro atoms. The van der Waals surface area contributed by atoms with Crippen molar-refractivity contribution in [3.8, 4) is 0 Å². The third-order valence-electron chi connectivity index (χ3n) is 2.35. The fourth-order valence-electron chi connectivity index (χ4n) is 1.43. The molecule has 2 N–H and O–H groups in total. The lowest BCUT2D eigenvalue weighted by Crippen LogP contribution is -2.08. The van der Waals surface area contributed by atoms with Gasteiger partial charge < -0.3 is 10.4 Å². The number of aryl methyl sites for hydroxylation is 1. The van der Waals surface area contributed by atoms with E-state index < -0.39 is 5.97 Å². The summed E-state index contributed by atoms with van der Waals surface area (Å²) in [6, 6.07) is 3.17. The van der Waals surface area contributed by atoms with Gasteiger partial charge in [-0.3, -0.25) is 4.68 Å². The van der Waals surface area contributed by atoms with Crippen LogP contribution in [0.3, 0.4) is 0 Å². The van der Waals surface area contributed by atoms with E-state index >= 15 is 0 Å². The van der Waals surface area contributed by atoms with E-state index in [9.17, 15) is 4.79 Å². The average Bonchev–Trinajstić information content (AvgIpc) is 2.88. The Hall–Kier alpha value is -2.44. The molecule has 7 nitrogen and oxygen atoms in total. The zero-order valence-electron chi connectivity index (χ0n) is 9.65. The number of nitrogens with zero attached hydrogens (tertiary/aromatic N) is 4. The Labute approximate surface area is 103 Å². The summed E-state index contributed by atoms with van der Waals surface area (Å²) in [7, 11) is 0. The number of aromatic carboxylic acids is 1. The third-order valence-corrected chi connectivity index (χ3v) is 2.35. The number of hydrogen-bond donors (Lipinski definition) is 2. The molecule has 2 aromatic rings. The monoisotopic (exact) mass is 247 g/mol. The van der Waals surface area contributed by atoms with Crippen molar-refractivity contribution < 1.29 is 9.90 Å². The van der Waals surface area contributed by atoms with Crippen molar-refractivity contribution in [3.05, 3.63) is 36.3 Å². The second kappa shape index (κ2) is 5.76. The number of anilines is 1. The summed E-state index contributed by atoms with van der Waals surface area (Å²) >= 11 is 0. The molecule has 0 fully saturated rings. The van der Waals surface area contributed by atoms with Crippen molar-refractivity contribution in [2.24, 2.45) is 0 Å². The molecule has 0 unspecified atom stereocenters. The van der Waals surface area contributed by atoms with Gasteiger partial charge in [0.05, 0.1) is 11.8 Å². The number of carbonyl (C=O) groups is 1. The van der Waals surface area contributed by atoms with Crippen LogP contribution in [0.5, 0.6) is 0 Å². The van der Waals surface area contributed by atoms with Crippen LogP contribution in [-0.4, -0.2) is 37.6 Å². The number of nitrogens with one attached hydrogen (secondary N) is 1. The van der Waals surface area contributed by atoms with E-state index in [-0.39, 0.29) is 5.56 Å². The van der Waals surface area contributed by atoms with Crippen LogP contribution in [0.25, 0.3) is 0 Å². The van der Waals surface area contributed by atoms with E-state index in [2.05, 4.69) is 20.6 Å². The first-order valence-electron chi connectivity index (χ1n) is 5.53. The van der Waals surface area contributed by atoms with E-state index in [0.717, 1.165) is 19.5 Å². The summed E-state index contributed by atoms with van der Waals surface area (Å²) in [6.45, 7) is 1.51. The van der Waals surface area contributed by atoms with Crippen molar-refractivity contribution in [3.63, 3.8) is 0 Å². The number of pyridine rings is 1. The van der Waals surface area contributed by atoms with Gasteiger partial charge in [0, 0.05) is 25.5 Å². The summed E-state index contributed by atoms with van der Waals surface area (Å²) < 4.78 is 1.75. The Bertz CT molecular complexity index is 495. The first kappa shape index (κ1) is 12.0. The van der Waals surface area contributed by atoms with Gasteiger partial charge in [-0.15, -0.1) is 5.10 Å². The van der Waals surface area contributed by atoms with Gasteiger partial charge in [-0.25, -0.2) is 9.78 Å². The Morgan fingerprint density at radius 1 is 1.44 bits per heavy atom. The molecule has 94 valence electrons. The zero-order valence-corrected chi connectivity index (χ0v) is 9.65. The molecule has 0 amide bonds. The molecule has 0 radical (unpaired) electrons. The first-order valence-corrected chi connectivity index (χ1v) is 5.53. The zero-order chi connectivity index (χ0) is 12.8. The molecule has 0 aliphatic carbocycles. The number of aromatic nitrogens is 4. The predicted molar refractivity (Wildman–Crippen MR) is 64.3 cm³/mol. The largest absolute Gasteiger partial charge is 0.478 e. The Kier molecular flexibility index (Phi) is 3.85. The van der Waals surface area contributed by atoms with E-state index in [0.29, 0.717) is 5.82 Å². The van der Waals surface area contributed by atoms with E-state index in [4.69, 9.17) is 5.11 Å². The van der Waals surface area contributed by atoms with Gasteiger partial charge in [0.2, 0.25) is 0 Å². The molecule has 0 aliphatic rings. The van der Waals surface area contributed by atoms with Crippen LogP contribution >= 0.6 is 0 Å². The topological polar surface area (TPSA) is 92.9 Å². The molecule has 0 saturated carbocycles. The minimum absolute atomic E-state index is 0.183. The van der Waals surface area contributed by atoms with Crippen LogP contribution in [0, 0.1) is 0 Å². The minimum atomic E-state index is -0.972. The first-order chi connectivity index (χ1) is 8.75. The highest BCUT2D eigenvalue weighted by molar-refractivity contribution is 5.87. The lowest BCUT2D eigenvalue weighted by atomic mass is 10.3.